The predicted molar refractivity (Wildman–Crippen MR) is 87.4 cm³/mol. The average molecular weight is 373 g/mol. The van der Waals surface area contributed by atoms with E-state index in [0.717, 1.165) is 0 Å². The molecule has 0 saturated carbocycles. The number of hydrogen-bond acceptors (Lipinski definition) is 6. The standard InChI is InChI=1S/C15H19NO6S2/c17-15(16-6-8-22-9-7-16)12-1-3-13(4-2-12)24(20,21)14-5-10-23(18,19)11-14/h1-4,14H,5-11H2. The fourth-order valence-electron chi connectivity index (χ4n) is 2.93. The van der Waals surface area contributed by atoms with E-state index >= 15 is 0 Å². The van der Waals surface area contributed by atoms with E-state index in [0.29, 0.717) is 31.9 Å². The van der Waals surface area contributed by atoms with Crippen LogP contribution in [0.3, 0.4) is 0 Å². The van der Waals surface area contributed by atoms with Gasteiger partial charge in [0.25, 0.3) is 5.91 Å². The van der Waals surface area contributed by atoms with Crippen LogP contribution in [0.15, 0.2) is 29.2 Å². The minimum Gasteiger partial charge on any atom is -0.378 e. The van der Waals surface area contributed by atoms with Crippen LogP contribution in [-0.4, -0.2) is 70.7 Å². The Morgan fingerprint density at radius 3 is 2.29 bits per heavy atom. The molecule has 0 radical (unpaired) electrons. The van der Waals surface area contributed by atoms with Crippen LogP contribution in [0.1, 0.15) is 16.8 Å². The first-order chi connectivity index (χ1) is 11.3. The molecule has 1 amide bonds. The molecule has 2 fully saturated rings. The van der Waals surface area contributed by atoms with Gasteiger partial charge in [0.1, 0.15) is 0 Å². The van der Waals surface area contributed by atoms with Crippen LogP contribution >= 0.6 is 0 Å². The highest BCUT2D eigenvalue weighted by Crippen LogP contribution is 2.25. The Morgan fingerprint density at radius 2 is 1.75 bits per heavy atom. The number of nitrogens with zero attached hydrogens (tertiary/aromatic N) is 1. The van der Waals surface area contributed by atoms with Crippen LogP contribution in [0.4, 0.5) is 0 Å². The van der Waals surface area contributed by atoms with E-state index in [1.165, 1.54) is 24.3 Å². The number of sulfone groups is 2. The summed E-state index contributed by atoms with van der Waals surface area (Å²) < 4.78 is 53.3. The zero-order chi connectivity index (χ0) is 17.4. The first-order valence-corrected chi connectivity index (χ1v) is 11.1. The van der Waals surface area contributed by atoms with Crippen molar-refractivity contribution >= 4 is 25.6 Å². The van der Waals surface area contributed by atoms with E-state index in [2.05, 4.69) is 0 Å². The van der Waals surface area contributed by atoms with Crippen molar-refractivity contribution < 1.29 is 26.4 Å². The number of hydrogen-bond donors (Lipinski definition) is 0. The molecule has 2 saturated heterocycles. The normalized spacial score (nSPS) is 24.0. The van der Waals surface area contributed by atoms with Crippen molar-refractivity contribution in [1.29, 1.82) is 0 Å². The predicted octanol–water partition coefficient (Wildman–Crippen LogP) is 0.120. The van der Waals surface area contributed by atoms with Crippen LogP contribution in [0, 0.1) is 0 Å². The maximum atomic E-state index is 12.5. The third kappa shape index (κ3) is 3.47. The zero-order valence-corrected chi connectivity index (χ0v) is 14.7. The summed E-state index contributed by atoms with van der Waals surface area (Å²) in [5.41, 5.74) is 0.412. The van der Waals surface area contributed by atoms with Crippen molar-refractivity contribution in [3.05, 3.63) is 29.8 Å². The fraction of sp³-hybridized carbons (Fsp3) is 0.533. The summed E-state index contributed by atoms with van der Waals surface area (Å²) in [6, 6.07) is 5.73. The third-order valence-electron chi connectivity index (χ3n) is 4.36. The Kier molecular flexibility index (Phi) is 4.67. The smallest absolute Gasteiger partial charge is 0.254 e. The van der Waals surface area contributed by atoms with Gasteiger partial charge in [0.05, 0.1) is 34.9 Å². The minimum absolute atomic E-state index is 0.0585. The van der Waals surface area contributed by atoms with Gasteiger partial charge in [-0.3, -0.25) is 4.79 Å². The Morgan fingerprint density at radius 1 is 1.12 bits per heavy atom. The summed E-state index contributed by atoms with van der Waals surface area (Å²) in [5.74, 6) is -0.584. The molecule has 0 aromatic heterocycles. The van der Waals surface area contributed by atoms with Crippen molar-refractivity contribution in [3.63, 3.8) is 0 Å². The molecular formula is C15H19NO6S2. The van der Waals surface area contributed by atoms with E-state index < -0.39 is 24.9 Å². The molecule has 0 spiro atoms. The molecule has 2 aliphatic heterocycles. The Hall–Kier alpha value is -1.45. The molecule has 132 valence electrons. The molecule has 1 aromatic rings. The van der Waals surface area contributed by atoms with Crippen LogP contribution in [0.5, 0.6) is 0 Å². The number of amides is 1. The first kappa shape index (κ1) is 17.4. The van der Waals surface area contributed by atoms with Gasteiger partial charge in [0, 0.05) is 18.7 Å². The monoisotopic (exact) mass is 373 g/mol. The maximum Gasteiger partial charge on any atom is 0.254 e. The molecular weight excluding hydrogens is 354 g/mol. The average Bonchev–Trinajstić information content (AvgIpc) is 2.96. The van der Waals surface area contributed by atoms with Gasteiger partial charge in [-0.15, -0.1) is 0 Å². The van der Waals surface area contributed by atoms with E-state index in [-0.39, 0.29) is 28.7 Å². The van der Waals surface area contributed by atoms with Crippen molar-refractivity contribution in [2.45, 2.75) is 16.6 Å². The van der Waals surface area contributed by atoms with Gasteiger partial charge in [-0.1, -0.05) is 0 Å². The van der Waals surface area contributed by atoms with Crippen LogP contribution in [0.2, 0.25) is 0 Å². The van der Waals surface area contributed by atoms with Crippen LogP contribution < -0.4 is 0 Å². The second-order valence-electron chi connectivity index (χ2n) is 6.00. The second kappa shape index (κ2) is 6.45. The molecule has 2 heterocycles. The molecule has 9 heteroatoms. The van der Waals surface area contributed by atoms with Crippen LogP contribution in [0.25, 0.3) is 0 Å². The molecule has 0 aliphatic carbocycles. The maximum absolute atomic E-state index is 12.5. The molecule has 1 atom stereocenters. The number of morpholine rings is 1. The van der Waals surface area contributed by atoms with Gasteiger partial charge < -0.3 is 9.64 Å². The summed E-state index contributed by atoms with van der Waals surface area (Å²) in [6.07, 6.45) is 0.124. The van der Waals surface area contributed by atoms with E-state index in [1.54, 1.807) is 4.90 Å². The molecule has 7 nitrogen and oxygen atoms in total. The molecule has 24 heavy (non-hydrogen) atoms. The van der Waals surface area contributed by atoms with Crippen molar-refractivity contribution in [2.75, 3.05) is 37.8 Å². The third-order valence-corrected chi connectivity index (χ3v) is 8.55. The highest BCUT2D eigenvalue weighted by Gasteiger charge is 2.38. The van der Waals surface area contributed by atoms with Gasteiger partial charge in [-0.2, -0.15) is 0 Å². The summed E-state index contributed by atoms with van der Waals surface area (Å²) in [4.78, 5) is 14.1. The second-order valence-corrected chi connectivity index (χ2v) is 10.5. The van der Waals surface area contributed by atoms with E-state index in [4.69, 9.17) is 4.74 Å². The van der Waals surface area contributed by atoms with Crippen LogP contribution in [-0.2, 0) is 24.4 Å². The number of carbonyl (C=O) groups is 1. The highest BCUT2D eigenvalue weighted by molar-refractivity contribution is 7.96. The Bertz CT molecular complexity index is 823. The van der Waals surface area contributed by atoms with E-state index in [9.17, 15) is 21.6 Å². The number of ether oxygens (including phenoxy) is 1. The summed E-state index contributed by atoms with van der Waals surface area (Å²) >= 11 is 0. The molecule has 1 aromatic carbocycles. The highest BCUT2D eigenvalue weighted by atomic mass is 32.2. The Balaban J connectivity index is 1.77. The fourth-order valence-corrected chi connectivity index (χ4v) is 7.29. The largest absolute Gasteiger partial charge is 0.378 e. The molecule has 0 N–H and O–H groups in total. The number of rotatable bonds is 3. The van der Waals surface area contributed by atoms with Gasteiger partial charge in [-0.05, 0) is 30.7 Å². The summed E-state index contributed by atoms with van der Waals surface area (Å²) in [6.45, 7) is 2.01. The van der Waals surface area contributed by atoms with Gasteiger partial charge in [0.2, 0.25) is 0 Å². The lowest BCUT2D eigenvalue weighted by Gasteiger charge is -2.26. The van der Waals surface area contributed by atoms with E-state index in [1.807, 2.05) is 0 Å². The lowest BCUT2D eigenvalue weighted by Crippen LogP contribution is -2.40. The number of benzene rings is 1. The Labute approximate surface area is 141 Å². The lowest BCUT2D eigenvalue weighted by molar-refractivity contribution is 0.0303. The van der Waals surface area contributed by atoms with Gasteiger partial charge in [0.15, 0.2) is 19.7 Å². The first-order valence-electron chi connectivity index (χ1n) is 7.71. The summed E-state index contributed by atoms with van der Waals surface area (Å²) in [5, 5.41) is -0.900. The number of carbonyl (C=O) groups excluding carboxylic acids is 1. The van der Waals surface area contributed by atoms with Gasteiger partial charge >= 0.3 is 0 Å². The topological polar surface area (TPSA) is 97.8 Å². The van der Waals surface area contributed by atoms with Crippen molar-refractivity contribution in [2.24, 2.45) is 0 Å². The SMILES string of the molecule is O=C(c1ccc(S(=O)(=O)C2CCS(=O)(=O)C2)cc1)N1CCOCC1. The molecule has 0 bridgehead atoms. The molecule has 3 rings (SSSR count). The summed E-state index contributed by atoms with van der Waals surface area (Å²) in [7, 11) is -6.98. The van der Waals surface area contributed by atoms with Gasteiger partial charge in [-0.25, -0.2) is 16.8 Å². The quantitative estimate of drug-likeness (QED) is 0.746. The molecule has 1 unspecified atom stereocenters. The molecule has 2 aliphatic rings. The van der Waals surface area contributed by atoms with Crippen molar-refractivity contribution in [1.82, 2.24) is 4.90 Å². The zero-order valence-electron chi connectivity index (χ0n) is 13.0. The minimum atomic E-state index is -3.70. The lowest BCUT2D eigenvalue weighted by atomic mass is 10.2. The van der Waals surface area contributed by atoms with Crippen molar-refractivity contribution in [3.8, 4) is 0 Å².